The van der Waals surface area contributed by atoms with Gasteiger partial charge in [-0.05, 0) is 20.8 Å². The van der Waals surface area contributed by atoms with Crippen molar-refractivity contribution >= 4 is 0 Å². The molecule has 0 aliphatic rings. The molecule has 0 saturated heterocycles. The lowest BCUT2D eigenvalue weighted by atomic mass is 10.1. The van der Waals surface area contributed by atoms with Crippen molar-refractivity contribution < 1.29 is 4.42 Å². The Morgan fingerprint density at radius 2 is 1.81 bits per heavy atom. The summed E-state index contributed by atoms with van der Waals surface area (Å²) in [4.78, 5) is 0. The van der Waals surface area contributed by atoms with Crippen molar-refractivity contribution in [2.24, 2.45) is 0 Å². The Labute approximate surface area is 94.9 Å². The molecule has 1 heterocycles. The molecule has 0 aliphatic heterocycles. The van der Waals surface area contributed by atoms with Gasteiger partial charge in [0, 0.05) is 11.6 Å². The maximum atomic E-state index is 7.81. The number of oxazole rings is 1. The molecule has 16 heavy (non-hydrogen) atoms. The summed E-state index contributed by atoms with van der Waals surface area (Å²) >= 11 is 0. The van der Waals surface area contributed by atoms with E-state index in [1.165, 1.54) is 0 Å². The van der Waals surface area contributed by atoms with Crippen LogP contribution in [-0.2, 0) is 0 Å². The zero-order valence-corrected chi connectivity index (χ0v) is 9.82. The van der Waals surface area contributed by atoms with Gasteiger partial charge in [0.25, 0.3) is 5.68 Å². The zero-order valence-electron chi connectivity index (χ0n) is 9.82. The highest BCUT2D eigenvalue weighted by Gasteiger charge is 2.15. The lowest BCUT2D eigenvalue weighted by molar-refractivity contribution is 0.417. The lowest BCUT2D eigenvalue weighted by Gasteiger charge is -2.11. The van der Waals surface area contributed by atoms with Gasteiger partial charge in [0.05, 0.1) is 5.69 Å². The first-order chi connectivity index (χ1) is 7.61. The first-order valence-corrected chi connectivity index (χ1v) is 5.43. The number of aryl methyl sites for hydroxylation is 1. The molecule has 84 valence electrons. The van der Waals surface area contributed by atoms with Gasteiger partial charge >= 0.3 is 0 Å². The van der Waals surface area contributed by atoms with Crippen molar-refractivity contribution in [3.63, 3.8) is 0 Å². The number of nitrogens with zero attached hydrogens (tertiary/aromatic N) is 1. The number of hydrogen-bond donors (Lipinski definition) is 1. The molecule has 3 nitrogen and oxygen atoms in total. The topological polar surface area (TPSA) is 41.9 Å². The standard InChI is InChI=1S/C13H16N2O/c1-9(2)15-12(10(3)16-13(15)14)11-7-5-4-6-8-11/h4-9,14H,1-3H3. The normalized spacial score (nSPS) is 11.0. The summed E-state index contributed by atoms with van der Waals surface area (Å²) in [5, 5.41) is 7.81. The lowest BCUT2D eigenvalue weighted by Crippen LogP contribution is -2.17. The molecular weight excluding hydrogens is 200 g/mol. The molecule has 2 aromatic rings. The van der Waals surface area contributed by atoms with E-state index < -0.39 is 0 Å². The van der Waals surface area contributed by atoms with E-state index in [0.717, 1.165) is 17.0 Å². The summed E-state index contributed by atoms with van der Waals surface area (Å²) in [7, 11) is 0. The Kier molecular flexibility index (Phi) is 2.69. The van der Waals surface area contributed by atoms with E-state index in [0.29, 0.717) is 0 Å². The van der Waals surface area contributed by atoms with E-state index >= 15 is 0 Å². The van der Waals surface area contributed by atoms with Gasteiger partial charge in [-0.15, -0.1) is 0 Å². The van der Waals surface area contributed by atoms with Crippen LogP contribution >= 0.6 is 0 Å². The number of rotatable bonds is 2. The molecule has 1 aromatic carbocycles. The first-order valence-electron chi connectivity index (χ1n) is 5.43. The largest absolute Gasteiger partial charge is 0.428 e. The zero-order chi connectivity index (χ0) is 11.7. The molecule has 0 atom stereocenters. The maximum absolute atomic E-state index is 7.81. The van der Waals surface area contributed by atoms with E-state index in [9.17, 15) is 0 Å². The minimum Gasteiger partial charge on any atom is -0.428 e. The SMILES string of the molecule is Cc1oc(=N)n(C(C)C)c1-c1ccccc1. The average Bonchev–Trinajstić information content (AvgIpc) is 2.55. The van der Waals surface area contributed by atoms with Crippen molar-refractivity contribution in [3.8, 4) is 11.3 Å². The fourth-order valence-electron chi connectivity index (χ4n) is 1.94. The second-order valence-electron chi connectivity index (χ2n) is 4.14. The van der Waals surface area contributed by atoms with E-state index in [1.807, 2.05) is 41.8 Å². The Hall–Kier alpha value is -1.77. The first kappa shape index (κ1) is 10.7. The second-order valence-corrected chi connectivity index (χ2v) is 4.14. The van der Waals surface area contributed by atoms with Gasteiger partial charge in [-0.25, -0.2) is 0 Å². The van der Waals surface area contributed by atoms with Gasteiger partial charge < -0.3 is 4.42 Å². The van der Waals surface area contributed by atoms with Crippen molar-refractivity contribution in [1.82, 2.24) is 4.57 Å². The highest BCUT2D eigenvalue weighted by molar-refractivity contribution is 5.61. The van der Waals surface area contributed by atoms with Crippen molar-refractivity contribution in [2.75, 3.05) is 0 Å². The molecule has 0 bridgehead atoms. The number of benzene rings is 1. The summed E-state index contributed by atoms with van der Waals surface area (Å²) < 4.78 is 7.30. The van der Waals surface area contributed by atoms with Crippen LogP contribution in [0.4, 0.5) is 0 Å². The molecule has 0 saturated carbocycles. The predicted octanol–water partition coefficient (Wildman–Crippen LogP) is 3.12. The van der Waals surface area contributed by atoms with Gasteiger partial charge in [0.15, 0.2) is 0 Å². The van der Waals surface area contributed by atoms with Crippen LogP contribution in [0.2, 0.25) is 0 Å². The smallest absolute Gasteiger partial charge is 0.294 e. The Balaban J connectivity index is 2.70. The maximum Gasteiger partial charge on any atom is 0.294 e. The average molecular weight is 216 g/mol. The molecule has 0 radical (unpaired) electrons. The molecule has 1 N–H and O–H groups in total. The van der Waals surface area contributed by atoms with Crippen LogP contribution in [0.15, 0.2) is 34.7 Å². The fraction of sp³-hybridized carbons (Fsp3) is 0.308. The van der Waals surface area contributed by atoms with Crippen LogP contribution in [0.25, 0.3) is 11.3 Å². The van der Waals surface area contributed by atoms with Crippen molar-refractivity contribution in [3.05, 3.63) is 41.8 Å². The van der Waals surface area contributed by atoms with Gasteiger partial charge in [-0.2, -0.15) is 0 Å². The minimum atomic E-state index is 0.214. The summed E-state index contributed by atoms with van der Waals surface area (Å²) in [6, 6.07) is 10.3. The number of nitrogens with one attached hydrogen (secondary N) is 1. The molecule has 3 heteroatoms. The van der Waals surface area contributed by atoms with E-state index in [2.05, 4.69) is 13.8 Å². The molecule has 0 amide bonds. The van der Waals surface area contributed by atoms with Gasteiger partial charge in [-0.3, -0.25) is 9.98 Å². The second kappa shape index (κ2) is 4.00. The predicted molar refractivity (Wildman–Crippen MR) is 63.1 cm³/mol. The van der Waals surface area contributed by atoms with Crippen molar-refractivity contribution in [1.29, 1.82) is 5.41 Å². The highest BCUT2D eigenvalue weighted by atomic mass is 16.4. The van der Waals surface area contributed by atoms with E-state index in [-0.39, 0.29) is 11.7 Å². The Bertz CT molecular complexity index is 535. The van der Waals surface area contributed by atoms with Gasteiger partial charge in [-0.1, -0.05) is 30.3 Å². The van der Waals surface area contributed by atoms with Gasteiger partial charge in [0.1, 0.15) is 5.76 Å². The van der Waals surface area contributed by atoms with Crippen LogP contribution in [-0.4, -0.2) is 4.57 Å². The minimum absolute atomic E-state index is 0.214. The summed E-state index contributed by atoms with van der Waals surface area (Å²) in [6.07, 6.45) is 0. The van der Waals surface area contributed by atoms with Crippen LogP contribution in [0.5, 0.6) is 0 Å². The molecule has 0 fully saturated rings. The summed E-state index contributed by atoms with van der Waals surface area (Å²) in [5.41, 5.74) is 2.31. The van der Waals surface area contributed by atoms with Crippen LogP contribution in [0.1, 0.15) is 25.6 Å². The quantitative estimate of drug-likeness (QED) is 0.823. The third-order valence-electron chi connectivity index (χ3n) is 2.61. The number of hydrogen-bond acceptors (Lipinski definition) is 2. The molecule has 0 unspecified atom stereocenters. The fourth-order valence-corrected chi connectivity index (χ4v) is 1.94. The Morgan fingerprint density at radius 1 is 1.19 bits per heavy atom. The molecule has 0 aliphatic carbocycles. The third kappa shape index (κ3) is 1.69. The van der Waals surface area contributed by atoms with E-state index in [4.69, 9.17) is 9.83 Å². The van der Waals surface area contributed by atoms with Crippen LogP contribution < -0.4 is 5.68 Å². The summed E-state index contributed by atoms with van der Waals surface area (Å²) in [6.45, 7) is 6.01. The van der Waals surface area contributed by atoms with Crippen LogP contribution in [0, 0.1) is 12.3 Å². The third-order valence-corrected chi connectivity index (χ3v) is 2.61. The monoisotopic (exact) mass is 216 g/mol. The molecule has 1 aromatic heterocycles. The molecular formula is C13H16N2O. The van der Waals surface area contributed by atoms with Crippen LogP contribution in [0.3, 0.4) is 0 Å². The van der Waals surface area contributed by atoms with Crippen molar-refractivity contribution in [2.45, 2.75) is 26.8 Å². The molecule has 2 rings (SSSR count). The van der Waals surface area contributed by atoms with Gasteiger partial charge in [0.2, 0.25) is 0 Å². The van der Waals surface area contributed by atoms with E-state index in [1.54, 1.807) is 0 Å². The highest BCUT2D eigenvalue weighted by Crippen LogP contribution is 2.24. The summed E-state index contributed by atoms with van der Waals surface area (Å²) in [5.74, 6) is 0.796. The Morgan fingerprint density at radius 3 is 2.38 bits per heavy atom. The molecule has 0 spiro atoms. The number of aromatic nitrogens is 1.